The fourth-order valence-electron chi connectivity index (χ4n) is 3.44. The number of hydrogen-bond acceptors (Lipinski definition) is 4. The highest BCUT2D eigenvalue weighted by atomic mass is 32.1. The van der Waals surface area contributed by atoms with Crippen LogP contribution in [0.4, 0.5) is 4.39 Å². The molecule has 1 aliphatic carbocycles. The van der Waals surface area contributed by atoms with Crippen LogP contribution in [0.25, 0.3) is 0 Å². The molecule has 2 aromatic carbocycles. The van der Waals surface area contributed by atoms with Gasteiger partial charge in [-0.05, 0) is 67.0 Å². The van der Waals surface area contributed by atoms with Gasteiger partial charge >= 0.3 is 5.97 Å². The Morgan fingerprint density at radius 3 is 2.50 bits per heavy atom. The van der Waals surface area contributed by atoms with Crippen LogP contribution in [-0.4, -0.2) is 16.9 Å². The van der Waals surface area contributed by atoms with Gasteiger partial charge in [-0.1, -0.05) is 12.1 Å². The molecule has 1 atom stereocenters. The van der Waals surface area contributed by atoms with E-state index in [2.05, 4.69) is 10.6 Å². The Labute approximate surface area is 166 Å². The second-order valence-corrected chi connectivity index (χ2v) is 7.07. The average Bonchev–Trinajstić information content (AvgIpc) is 2.68. The van der Waals surface area contributed by atoms with E-state index < -0.39 is 11.8 Å². The van der Waals surface area contributed by atoms with Crippen molar-refractivity contribution in [3.63, 3.8) is 0 Å². The van der Waals surface area contributed by atoms with Crippen molar-refractivity contribution < 1.29 is 18.7 Å². The summed E-state index contributed by atoms with van der Waals surface area (Å²) in [4.78, 5) is 24.6. The molecule has 0 saturated carbocycles. The van der Waals surface area contributed by atoms with Gasteiger partial charge < -0.3 is 15.4 Å². The molecule has 0 radical (unpaired) electrons. The summed E-state index contributed by atoms with van der Waals surface area (Å²) in [6, 6.07) is 11.8. The Kier molecular flexibility index (Phi) is 4.92. The van der Waals surface area contributed by atoms with Crippen molar-refractivity contribution in [2.24, 2.45) is 0 Å². The van der Waals surface area contributed by atoms with E-state index in [1.54, 1.807) is 24.3 Å². The first-order valence-electron chi connectivity index (χ1n) is 8.93. The molecule has 5 nitrogen and oxygen atoms in total. The number of nitrogens with one attached hydrogen (secondary N) is 2. The highest BCUT2D eigenvalue weighted by molar-refractivity contribution is 7.80. The Hall–Kier alpha value is -3.06. The van der Waals surface area contributed by atoms with Crippen LogP contribution in [0.5, 0.6) is 5.75 Å². The lowest BCUT2D eigenvalue weighted by Gasteiger charge is -2.33. The van der Waals surface area contributed by atoms with Crippen LogP contribution >= 0.6 is 12.2 Å². The lowest BCUT2D eigenvalue weighted by molar-refractivity contribution is -0.116. The zero-order valence-corrected chi connectivity index (χ0v) is 15.6. The molecule has 2 N–H and O–H groups in total. The number of Topliss-reactive ketones (excluding diaryl/α,β-unsaturated/α-hetero) is 1. The Bertz CT molecular complexity index is 984. The minimum Gasteiger partial charge on any atom is -0.423 e. The van der Waals surface area contributed by atoms with E-state index in [9.17, 15) is 14.0 Å². The summed E-state index contributed by atoms with van der Waals surface area (Å²) in [5.74, 6) is -0.514. The van der Waals surface area contributed by atoms with Crippen molar-refractivity contribution in [3.8, 4) is 5.75 Å². The summed E-state index contributed by atoms with van der Waals surface area (Å²) in [6.45, 7) is 0. The van der Waals surface area contributed by atoms with Crippen molar-refractivity contribution in [2.45, 2.75) is 25.3 Å². The molecule has 2 aromatic rings. The van der Waals surface area contributed by atoms with Gasteiger partial charge in [0, 0.05) is 17.7 Å². The smallest absolute Gasteiger partial charge is 0.343 e. The Morgan fingerprint density at radius 1 is 1.07 bits per heavy atom. The first kappa shape index (κ1) is 18.3. The number of ketones is 1. The maximum Gasteiger partial charge on any atom is 0.343 e. The molecule has 1 unspecified atom stereocenters. The lowest BCUT2D eigenvalue weighted by Crippen LogP contribution is -2.46. The number of carbonyl (C=O) groups excluding carboxylic acids is 2. The van der Waals surface area contributed by atoms with Crippen molar-refractivity contribution in [2.75, 3.05) is 0 Å². The predicted molar refractivity (Wildman–Crippen MR) is 105 cm³/mol. The molecule has 0 fully saturated rings. The maximum absolute atomic E-state index is 13.0. The van der Waals surface area contributed by atoms with E-state index in [0.29, 0.717) is 17.3 Å². The number of hydrogen-bond donors (Lipinski definition) is 2. The van der Waals surface area contributed by atoms with Gasteiger partial charge in [-0.3, -0.25) is 4.79 Å². The van der Waals surface area contributed by atoms with Crippen LogP contribution in [0.2, 0.25) is 0 Å². The molecule has 0 amide bonds. The summed E-state index contributed by atoms with van der Waals surface area (Å²) in [5, 5.41) is 6.73. The Morgan fingerprint density at radius 2 is 1.79 bits per heavy atom. The van der Waals surface area contributed by atoms with Gasteiger partial charge in [0.1, 0.15) is 11.6 Å². The molecule has 0 aromatic heterocycles. The molecule has 0 saturated heterocycles. The van der Waals surface area contributed by atoms with E-state index in [4.69, 9.17) is 17.0 Å². The lowest BCUT2D eigenvalue weighted by atomic mass is 9.85. The number of allylic oxidation sites excluding steroid dienone is 1. The molecular formula is C21H17FN2O3S. The molecule has 1 heterocycles. The molecular weight excluding hydrogens is 379 g/mol. The maximum atomic E-state index is 13.0. The van der Waals surface area contributed by atoms with Crippen molar-refractivity contribution in [1.82, 2.24) is 10.6 Å². The van der Waals surface area contributed by atoms with Gasteiger partial charge in [-0.25, -0.2) is 9.18 Å². The van der Waals surface area contributed by atoms with Gasteiger partial charge in [0.05, 0.1) is 11.6 Å². The molecule has 0 bridgehead atoms. The largest absolute Gasteiger partial charge is 0.423 e. The quantitative estimate of drug-likeness (QED) is 0.470. The van der Waals surface area contributed by atoms with E-state index in [-0.39, 0.29) is 17.4 Å². The van der Waals surface area contributed by atoms with Crippen LogP contribution in [0, 0.1) is 5.82 Å². The monoisotopic (exact) mass is 396 g/mol. The van der Waals surface area contributed by atoms with Crippen LogP contribution < -0.4 is 15.4 Å². The van der Waals surface area contributed by atoms with Gasteiger partial charge in [0.15, 0.2) is 10.9 Å². The highest BCUT2D eigenvalue weighted by Crippen LogP contribution is 2.34. The summed E-state index contributed by atoms with van der Waals surface area (Å²) in [6.07, 6.45) is 2.14. The second kappa shape index (κ2) is 7.52. The van der Waals surface area contributed by atoms with Gasteiger partial charge in [0.2, 0.25) is 0 Å². The van der Waals surface area contributed by atoms with Crippen LogP contribution in [-0.2, 0) is 4.79 Å². The first-order chi connectivity index (χ1) is 13.5. The number of esters is 1. The van der Waals surface area contributed by atoms with Gasteiger partial charge in [0.25, 0.3) is 0 Å². The molecule has 142 valence electrons. The minimum atomic E-state index is -0.568. The minimum absolute atomic E-state index is 0.112. The van der Waals surface area contributed by atoms with Crippen molar-refractivity contribution >= 4 is 29.1 Å². The zero-order valence-electron chi connectivity index (χ0n) is 14.8. The third-order valence-electron chi connectivity index (χ3n) is 4.79. The number of ether oxygens (including phenoxy) is 1. The fraction of sp³-hybridized carbons (Fsp3) is 0.190. The van der Waals surface area contributed by atoms with Crippen molar-refractivity contribution in [1.29, 1.82) is 0 Å². The average molecular weight is 396 g/mol. The molecule has 4 rings (SSSR count). The van der Waals surface area contributed by atoms with E-state index in [1.165, 1.54) is 24.3 Å². The molecule has 1 aliphatic heterocycles. The zero-order chi connectivity index (χ0) is 19.7. The molecule has 7 heteroatoms. The van der Waals surface area contributed by atoms with Crippen LogP contribution in [0.1, 0.15) is 41.2 Å². The molecule has 2 aliphatic rings. The first-order valence-corrected chi connectivity index (χ1v) is 9.33. The topological polar surface area (TPSA) is 67.4 Å². The Balaban J connectivity index is 1.54. The van der Waals surface area contributed by atoms with Crippen molar-refractivity contribution in [3.05, 3.63) is 76.7 Å². The van der Waals surface area contributed by atoms with E-state index in [1.807, 2.05) is 0 Å². The normalized spacial score (nSPS) is 18.8. The number of rotatable bonds is 3. The number of thiocarbonyl (C=S) groups is 1. The predicted octanol–water partition coefficient (Wildman–Crippen LogP) is 3.57. The summed E-state index contributed by atoms with van der Waals surface area (Å²) >= 11 is 5.27. The number of carbonyl (C=O) groups is 2. The summed E-state index contributed by atoms with van der Waals surface area (Å²) in [7, 11) is 0. The van der Waals surface area contributed by atoms with Gasteiger partial charge in [-0.15, -0.1) is 0 Å². The van der Waals surface area contributed by atoms with Crippen LogP contribution in [0.15, 0.2) is 59.8 Å². The van der Waals surface area contributed by atoms with Crippen LogP contribution in [0.3, 0.4) is 0 Å². The van der Waals surface area contributed by atoms with Gasteiger partial charge in [-0.2, -0.15) is 0 Å². The third kappa shape index (κ3) is 3.66. The SMILES string of the molecule is O=C1CCCC2=C1C(c1ccc(OC(=O)c3ccc(F)cc3)cc1)NC(=S)N2. The standard InChI is InChI=1S/C21H17FN2O3S/c22-14-8-4-13(5-9-14)20(26)27-15-10-6-12(7-11-15)19-18-16(23-21(28)24-19)2-1-3-17(18)25/h4-11,19H,1-3H2,(H2,23,24,28). The number of benzene rings is 2. The highest BCUT2D eigenvalue weighted by Gasteiger charge is 2.33. The summed E-state index contributed by atoms with van der Waals surface area (Å²) < 4.78 is 18.3. The van der Waals surface area contributed by atoms with E-state index >= 15 is 0 Å². The fourth-order valence-corrected chi connectivity index (χ4v) is 3.68. The summed E-state index contributed by atoms with van der Waals surface area (Å²) in [5.41, 5.74) is 2.72. The molecule has 28 heavy (non-hydrogen) atoms. The van der Waals surface area contributed by atoms with E-state index in [0.717, 1.165) is 29.7 Å². The molecule has 0 spiro atoms. The number of halogens is 1. The second-order valence-electron chi connectivity index (χ2n) is 6.67. The third-order valence-corrected chi connectivity index (χ3v) is 5.01.